The molecule has 4 heterocycles. The highest BCUT2D eigenvalue weighted by Gasteiger charge is 2.25. The normalized spacial score (nSPS) is 12.0. The zero-order valence-electron chi connectivity index (χ0n) is 29.3. The molecule has 8 aromatic carbocycles. The van der Waals surface area contributed by atoms with Crippen molar-refractivity contribution in [2.45, 2.75) is 0 Å². The molecule has 0 aliphatic rings. The quantitative estimate of drug-likeness (QED) is 0.177. The number of benzene rings is 8. The molecule has 0 saturated carbocycles. The molecule has 0 fully saturated rings. The van der Waals surface area contributed by atoms with Crippen LogP contribution in [0.25, 0.3) is 92.2 Å². The first-order valence-electron chi connectivity index (χ1n) is 18.4. The van der Waals surface area contributed by atoms with Crippen LogP contribution >= 0.6 is 11.3 Å². The Hall–Kier alpha value is -7.15. The highest BCUT2D eigenvalue weighted by atomic mass is 32.1. The molecule has 6 heteroatoms. The molecule has 55 heavy (non-hydrogen) atoms. The lowest BCUT2D eigenvalue weighted by Gasteiger charge is -2.26. The minimum atomic E-state index is 0.592. The number of fused-ring (bicyclic) bond motifs is 11. The van der Waals surface area contributed by atoms with Crippen molar-refractivity contribution in [2.24, 2.45) is 0 Å². The monoisotopic (exact) mass is 723 g/mol. The predicted octanol–water partition coefficient (Wildman–Crippen LogP) is 14.3. The van der Waals surface area contributed by atoms with Gasteiger partial charge in [0.15, 0.2) is 11.2 Å². The highest BCUT2D eigenvalue weighted by molar-refractivity contribution is 7.26. The van der Waals surface area contributed by atoms with E-state index in [9.17, 15) is 0 Å². The second-order valence-electron chi connectivity index (χ2n) is 13.9. The molecule has 0 N–H and O–H groups in total. The van der Waals surface area contributed by atoms with Crippen molar-refractivity contribution in [1.29, 1.82) is 0 Å². The summed E-state index contributed by atoms with van der Waals surface area (Å²) in [7, 11) is 0. The SMILES string of the molecule is c1ccc(-c2nc3c(ccc4oc5c(N(c6ccc7c(c6)c6ccccc6n7-c6ccccc6)c6cccc7c6sc6ccccc67)cccc5c43)o2)cc1. The summed E-state index contributed by atoms with van der Waals surface area (Å²) < 4.78 is 18.1. The molecule has 0 radical (unpaired) electrons. The molecule has 0 aliphatic carbocycles. The van der Waals surface area contributed by atoms with E-state index in [2.05, 4.69) is 143 Å². The fourth-order valence-electron chi connectivity index (χ4n) is 8.41. The highest BCUT2D eigenvalue weighted by Crippen LogP contribution is 2.49. The van der Waals surface area contributed by atoms with Crippen LogP contribution in [0.15, 0.2) is 185 Å². The van der Waals surface area contributed by atoms with Crippen molar-refractivity contribution >= 4 is 103 Å². The number of hydrogen-bond acceptors (Lipinski definition) is 5. The van der Waals surface area contributed by atoms with E-state index in [0.717, 1.165) is 66.9 Å². The maximum absolute atomic E-state index is 6.90. The summed E-state index contributed by atoms with van der Waals surface area (Å²) in [5.74, 6) is 0.592. The maximum atomic E-state index is 6.90. The van der Waals surface area contributed by atoms with Gasteiger partial charge in [0.25, 0.3) is 0 Å². The van der Waals surface area contributed by atoms with Gasteiger partial charge in [-0.2, -0.15) is 0 Å². The Kier molecular flexibility index (Phi) is 6.44. The first kappa shape index (κ1) is 30.3. The zero-order chi connectivity index (χ0) is 36.0. The van der Waals surface area contributed by atoms with Gasteiger partial charge in [-0.15, -0.1) is 11.3 Å². The maximum Gasteiger partial charge on any atom is 0.227 e. The first-order valence-corrected chi connectivity index (χ1v) is 19.2. The average Bonchev–Trinajstić information content (AvgIpc) is 4.02. The van der Waals surface area contributed by atoms with Crippen LogP contribution in [0.5, 0.6) is 0 Å². The molecule has 5 nitrogen and oxygen atoms in total. The summed E-state index contributed by atoms with van der Waals surface area (Å²) in [4.78, 5) is 7.42. The first-order chi connectivity index (χ1) is 27.3. The van der Waals surface area contributed by atoms with Crippen LogP contribution in [-0.2, 0) is 0 Å². The van der Waals surface area contributed by atoms with Crippen molar-refractivity contribution in [1.82, 2.24) is 9.55 Å². The number of anilines is 3. The van der Waals surface area contributed by atoms with Crippen LogP contribution in [0.4, 0.5) is 17.1 Å². The molecule has 12 rings (SSSR count). The van der Waals surface area contributed by atoms with Gasteiger partial charge in [-0.05, 0) is 78.9 Å². The molecule has 12 aromatic rings. The summed E-state index contributed by atoms with van der Waals surface area (Å²) in [5.41, 5.74) is 10.6. The molecule has 0 amide bonds. The Labute approximate surface area is 318 Å². The summed E-state index contributed by atoms with van der Waals surface area (Å²) >= 11 is 1.83. The average molecular weight is 724 g/mol. The van der Waals surface area contributed by atoms with E-state index >= 15 is 0 Å². The topological polar surface area (TPSA) is 47.3 Å². The number of nitrogens with zero attached hydrogens (tertiary/aromatic N) is 3. The minimum absolute atomic E-state index is 0.592. The molecule has 0 unspecified atom stereocenters. The molecule has 0 bridgehead atoms. The van der Waals surface area contributed by atoms with Gasteiger partial charge >= 0.3 is 0 Å². The third-order valence-corrected chi connectivity index (χ3v) is 12.0. The van der Waals surface area contributed by atoms with Crippen molar-refractivity contribution < 1.29 is 8.83 Å². The number of rotatable bonds is 5. The van der Waals surface area contributed by atoms with Gasteiger partial charge in [-0.25, -0.2) is 4.98 Å². The lowest BCUT2D eigenvalue weighted by atomic mass is 10.1. The molecular weight excluding hydrogens is 695 g/mol. The van der Waals surface area contributed by atoms with Crippen LogP contribution in [0.3, 0.4) is 0 Å². The van der Waals surface area contributed by atoms with Gasteiger partial charge in [-0.1, -0.05) is 97.1 Å². The van der Waals surface area contributed by atoms with Gasteiger partial charge in [0.2, 0.25) is 5.89 Å². The summed E-state index contributed by atoms with van der Waals surface area (Å²) in [6, 6.07) is 61.9. The number of thiophene rings is 1. The van der Waals surface area contributed by atoms with E-state index in [1.54, 1.807) is 0 Å². The Morgan fingerprint density at radius 1 is 0.509 bits per heavy atom. The fraction of sp³-hybridized carbons (Fsp3) is 0. The molecule has 258 valence electrons. The van der Waals surface area contributed by atoms with Crippen LogP contribution < -0.4 is 4.90 Å². The van der Waals surface area contributed by atoms with Crippen molar-refractivity contribution in [2.75, 3.05) is 4.90 Å². The largest absolute Gasteiger partial charge is 0.454 e. The van der Waals surface area contributed by atoms with Gasteiger partial charge < -0.3 is 18.3 Å². The van der Waals surface area contributed by atoms with E-state index in [4.69, 9.17) is 13.8 Å². The Morgan fingerprint density at radius 2 is 1.20 bits per heavy atom. The van der Waals surface area contributed by atoms with Crippen molar-refractivity contribution in [3.05, 3.63) is 176 Å². The minimum Gasteiger partial charge on any atom is -0.454 e. The van der Waals surface area contributed by atoms with Gasteiger partial charge in [0.05, 0.1) is 32.5 Å². The van der Waals surface area contributed by atoms with Crippen LogP contribution in [0, 0.1) is 0 Å². The van der Waals surface area contributed by atoms with E-state index < -0.39 is 0 Å². The third-order valence-electron chi connectivity index (χ3n) is 10.8. The van der Waals surface area contributed by atoms with Crippen LogP contribution in [0.1, 0.15) is 0 Å². The van der Waals surface area contributed by atoms with Gasteiger partial charge in [0.1, 0.15) is 11.1 Å². The second kappa shape index (κ2) is 11.7. The molecular formula is C49H29N3O2S. The molecule has 0 aliphatic heterocycles. The molecule has 0 atom stereocenters. The second-order valence-corrected chi connectivity index (χ2v) is 15.0. The number of oxazole rings is 1. The predicted molar refractivity (Wildman–Crippen MR) is 229 cm³/mol. The summed E-state index contributed by atoms with van der Waals surface area (Å²) in [6.45, 7) is 0. The van der Waals surface area contributed by atoms with Crippen molar-refractivity contribution in [3.63, 3.8) is 0 Å². The lowest BCUT2D eigenvalue weighted by Crippen LogP contribution is -2.10. The van der Waals surface area contributed by atoms with E-state index in [0.29, 0.717) is 5.89 Å². The standard InChI is InChI=1S/C49H29N3O2S/c1-3-13-30(14-4-1)49-50-46-43(54-49)28-27-42-45(46)36-20-12-22-40(47(36)53-42)52(41-23-11-19-35-34-18-8-10-24-44(34)55-48(35)41)32-25-26-39-37(29-32)33-17-7-9-21-38(33)51(39)31-15-5-2-6-16-31/h1-29H. The third kappa shape index (κ3) is 4.49. The molecule has 4 aromatic heterocycles. The van der Waals surface area contributed by atoms with Gasteiger partial charge in [-0.3, -0.25) is 0 Å². The Morgan fingerprint density at radius 3 is 2.07 bits per heavy atom. The number of hydrogen-bond donors (Lipinski definition) is 0. The fourth-order valence-corrected chi connectivity index (χ4v) is 9.62. The number of furan rings is 1. The van der Waals surface area contributed by atoms with E-state index in [1.165, 1.54) is 36.5 Å². The van der Waals surface area contributed by atoms with Crippen LogP contribution in [0.2, 0.25) is 0 Å². The Balaban J connectivity index is 1.15. The Bertz CT molecular complexity index is 3450. The molecule has 0 spiro atoms. The number of aromatic nitrogens is 2. The smallest absolute Gasteiger partial charge is 0.227 e. The van der Waals surface area contributed by atoms with Gasteiger partial charge in [0, 0.05) is 48.6 Å². The summed E-state index contributed by atoms with van der Waals surface area (Å²) in [6.07, 6.45) is 0. The zero-order valence-corrected chi connectivity index (χ0v) is 30.1. The summed E-state index contributed by atoms with van der Waals surface area (Å²) in [5, 5.41) is 6.81. The number of para-hydroxylation sites is 3. The lowest BCUT2D eigenvalue weighted by molar-refractivity contribution is 0.619. The van der Waals surface area contributed by atoms with E-state index in [1.807, 2.05) is 53.8 Å². The van der Waals surface area contributed by atoms with E-state index in [-0.39, 0.29) is 0 Å². The van der Waals surface area contributed by atoms with Crippen molar-refractivity contribution in [3.8, 4) is 17.1 Å². The molecule has 0 saturated heterocycles. The van der Waals surface area contributed by atoms with Crippen LogP contribution in [-0.4, -0.2) is 9.55 Å².